The Labute approximate surface area is 160 Å². The molecule has 0 spiro atoms. The number of rotatable bonds is 8. The number of Topliss-reactive ketones (excluding diaryl/α,β-unsaturated/α-hetero) is 1. The van der Waals surface area contributed by atoms with Crippen LogP contribution in [0.2, 0.25) is 0 Å². The van der Waals surface area contributed by atoms with Gasteiger partial charge < -0.3 is 11.1 Å². The van der Waals surface area contributed by atoms with E-state index >= 15 is 0 Å². The molecule has 9 heteroatoms. The van der Waals surface area contributed by atoms with Crippen LogP contribution in [0, 0.1) is 0 Å². The molecule has 0 aliphatic carbocycles. The van der Waals surface area contributed by atoms with E-state index in [2.05, 4.69) is 20.3 Å². The molecule has 0 saturated carbocycles. The Bertz CT molecular complexity index is 972. The molecule has 28 heavy (non-hydrogen) atoms. The third-order valence-corrected chi connectivity index (χ3v) is 4.11. The summed E-state index contributed by atoms with van der Waals surface area (Å²) < 4.78 is 1.46. The lowest BCUT2D eigenvalue weighted by Gasteiger charge is -2.16. The molecule has 2 heterocycles. The van der Waals surface area contributed by atoms with E-state index in [1.807, 2.05) is 30.3 Å². The first-order valence-corrected chi connectivity index (χ1v) is 8.53. The van der Waals surface area contributed by atoms with Gasteiger partial charge >= 0.3 is 0 Å². The van der Waals surface area contributed by atoms with E-state index in [0.29, 0.717) is 12.2 Å². The van der Waals surface area contributed by atoms with Crippen molar-refractivity contribution in [1.82, 2.24) is 24.8 Å². The van der Waals surface area contributed by atoms with Gasteiger partial charge in [-0.15, -0.1) is 0 Å². The van der Waals surface area contributed by atoms with Gasteiger partial charge in [-0.3, -0.25) is 19.0 Å². The summed E-state index contributed by atoms with van der Waals surface area (Å²) >= 11 is 0. The third-order valence-electron chi connectivity index (χ3n) is 4.11. The fourth-order valence-electron chi connectivity index (χ4n) is 2.70. The molecule has 2 aromatic heterocycles. The molecule has 1 aromatic carbocycles. The van der Waals surface area contributed by atoms with Crippen molar-refractivity contribution in [3.8, 4) is 5.82 Å². The Morgan fingerprint density at radius 3 is 2.57 bits per heavy atom. The van der Waals surface area contributed by atoms with Crippen LogP contribution in [0.15, 0.2) is 61.4 Å². The number of nitrogens with one attached hydrogen (secondary N) is 1. The van der Waals surface area contributed by atoms with Gasteiger partial charge in [-0.05, 0) is 24.5 Å². The Balaban J connectivity index is 1.77. The molecular weight excluding hydrogens is 360 g/mol. The second-order valence-electron chi connectivity index (χ2n) is 6.00. The standard InChI is InChI=1S/C19H18N6O3/c20-18(27)17(26)14(7-6-13-4-2-1-3-5-13)24-19(28)15-10-22-12-25(15)16-8-9-21-11-23-16/h1-5,8-12,14H,6-7H2,(H2,20,27)(H,24,28). The fraction of sp³-hybridized carbons (Fsp3) is 0.158. The molecule has 0 saturated heterocycles. The summed E-state index contributed by atoms with van der Waals surface area (Å²) in [6, 6.07) is 10.00. The summed E-state index contributed by atoms with van der Waals surface area (Å²) in [6.45, 7) is 0. The average molecular weight is 378 g/mol. The van der Waals surface area contributed by atoms with E-state index in [0.717, 1.165) is 5.56 Å². The van der Waals surface area contributed by atoms with Crippen LogP contribution < -0.4 is 11.1 Å². The predicted molar refractivity (Wildman–Crippen MR) is 99.4 cm³/mol. The van der Waals surface area contributed by atoms with Crippen molar-refractivity contribution in [3.05, 3.63) is 72.7 Å². The van der Waals surface area contributed by atoms with E-state index in [4.69, 9.17) is 5.73 Å². The van der Waals surface area contributed by atoms with Crippen LogP contribution in [0.5, 0.6) is 0 Å². The van der Waals surface area contributed by atoms with Crippen LogP contribution in [0.4, 0.5) is 0 Å². The normalized spacial score (nSPS) is 11.6. The lowest BCUT2D eigenvalue weighted by molar-refractivity contribution is -0.137. The van der Waals surface area contributed by atoms with Crippen molar-refractivity contribution < 1.29 is 14.4 Å². The molecule has 3 aromatic rings. The lowest BCUT2D eigenvalue weighted by atomic mass is 10.0. The quantitative estimate of drug-likeness (QED) is 0.547. The van der Waals surface area contributed by atoms with E-state index in [9.17, 15) is 14.4 Å². The number of imidazole rings is 1. The maximum absolute atomic E-state index is 12.7. The van der Waals surface area contributed by atoms with Crippen molar-refractivity contribution in [2.75, 3.05) is 0 Å². The first kappa shape index (κ1) is 18.9. The topological polar surface area (TPSA) is 133 Å². The number of aromatic nitrogens is 4. The molecular formula is C19H18N6O3. The van der Waals surface area contributed by atoms with E-state index < -0.39 is 23.6 Å². The molecule has 0 aliphatic rings. The third kappa shape index (κ3) is 4.44. The first-order chi connectivity index (χ1) is 13.6. The lowest BCUT2D eigenvalue weighted by Crippen LogP contribution is -2.46. The molecule has 0 fully saturated rings. The predicted octanol–water partition coefficient (Wildman–Crippen LogP) is 0.448. The average Bonchev–Trinajstić information content (AvgIpc) is 3.22. The highest BCUT2D eigenvalue weighted by Crippen LogP contribution is 2.10. The zero-order valence-electron chi connectivity index (χ0n) is 14.9. The van der Waals surface area contributed by atoms with Gasteiger partial charge in [0.15, 0.2) is 0 Å². The fourth-order valence-corrected chi connectivity index (χ4v) is 2.70. The largest absolute Gasteiger partial charge is 0.363 e. The number of nitrogens with zero attached hydrogens (tertiary/aromatic N) is 4. The van der Waals surface area contributed by atoms with Crippen LogP contribution in [-0.2, 0) is 16.0 Å². The number of benzene rings is 1. The number of ketones is 1. The van der Waals surface area contributed by atoms with Crippen molar-refractivity contribution in [2.24, 2.45) is 5.73 Å². The summed E-state index contributed by atoms with van der Waals surface area (Å²) in [7, 11) is 0. The molecule has 3 N–H and O–H groups in total. The minimum atomic E-state index is -1.09. The number of aryl methyl sites for hydroxylation is 1. The van der Waals surface area contributed by atoms with Crippen LogP contribution >= 0.6 is 0 Å². The van der Waals surface area contributed by atoms with Gasteiger partial charge in [0.05, 0.1) is 12.2 Å². The summed E-state index contributed by atoms with van der Waals surface area (Å²) in [6.07, 6.45) is 6.38. The van der Waals surface area contributed by atoms with Crippen molar-refractivity contribution in [2.45, 2.75) is 18.9 Å². The Kier molecular flexibility index (Phi) is 5.85. The van der Waals surface area contributed by atoms with Gasteiger partial charge in [-0.25, -0.2) is 15.0 Å². The van der Waals surface area contributed by atoms with E-state index in [1.165, 1.54) is 29.6 Å². The SMILES string of the molecule is NC(=O)C(=O)C(CCc1ccccc1)NC(=O)c1cncn1-c1ccncn1. The highest BCUT2D eigenvalue weighted by atomic mass is 16.2. The van der Waals surface area contributed by atoms with Gasteiger partial charge in [0.1, 0.15) is 24.2 Å². The van der Waals surface area contributed by atoms with Gasteiger partial charge in [-0.2, -0.15) is 0 Å². The number of carbonyl (C=O) groups excluding carboxylic acids is 3. The molecule has 2 amide bonds. The van der Waals surface area contributed by atoms with E-state index in [-0.39, 0.29) is 12.1 Å². The number of hydrogen-bond donors (Lipinski definition) is 2. The molecule has 1 atom stereocenters. The van der Waals surface area contributed by atoms with Crippen LogP contribution in [0.3, 0.4) is 0 Å². The monoisotopic (exact) mass is 378 g/mol. The number of hydrogen-bond acceptors (Lipinski definition) is 6. The van der Waals surface area contributed by atoms with Crippen LogP contribution in [0.1, 0.15) is 22.5 Å². The maximum atomic E-state index is 12.7. The van der Waals surface area contributed by atoms with E-state index in [1.54, 1.807) is 6.07 Å². The number of primary amides is 1. The first-order valence-electron chi connectivity index (χ1n) is 8.53. The smallest absolute Gasteiger partial charge is 0.287 e. The van der Waals surface area contributed by atoms with Crippen LogP contribution in [-0.4, -0.2) is 43.2 Å². The summed E-state index contributed by atoms with van der Waals surface area (Å²) in [5.41, 5.74) is 6.29. The molecule has 0 bridgehead atoms. The molecule has 1 unspecified atom stereocenters. The molecule has 0 radical (unpaired) electrons. The minimum absolute atomic E-state index is 0.167. The zero-order valence-corrected chi connectivity index (χ0v) is 14.9. The van der Waals surface area contributed by atoms with Gasteiger partial charge in [0.25, 0.3) is 11.8 Å². The van der Waals surface area contributed by atoms with Gasteiger partial charge in [0, 0.05) is 6.20 Å². The maximum Gasteiger partial charge on any atom is 0.287 e. The highest BCUT2D eigenvalue weighted by Gasteiger charge is 2.26. The highest BCUT2D eigenvalue weighted by molar-refractivity contribution is 6.37. The Morgan fingerprint density at radius 1 is 1.11 bits per heavy atom. The van der Waals surface area contributed by atoms with Crippen LogP contribution in [0.25, 0.3) is 5.82 Å². The van der Waals surface area contributed by atoms with Gasteiger partial charge in [0.2, 0.25) is 5.78 Å². The second-order valence-corrected chi connectivity index (χ2v) is 6.00. The molecule has 9 nitrogen and oxygen atoms in total. The second kappa shape index (κ2) is 8.67. The minimum Gasteiger partial charge on any atom is -0.363 e. The van der Waals surface area contributed by atoms with Crippen molar-refractivity contribution >= 4 is 17.6 Å². The van der Waals surface area contributed by atoms with Gasteiger partial charge in [-0.1, -0.05) is 30.3 Å². The number of carbonyl (C=O) groups is 3. The Hall–Kier alpha value is -3.88. The summed E-state index contributed by atoms with van der Waals surface area (Å²) in [5, 5.41) is 2.59. The van der Waals surface area contributed by atoms with Crippen molar-refractivity contribution in [1.29, 1.82) is 0 Å². The van der Waals surface area contributed by atoms with Crippen molar-refractivity contribution in [3.63, 3.8) is 0 Å². The Morgan fingerprint density at radius 2 is 1.89 bits per heavy atom. The summed E-state index contributed by atoms with van der Waals surface area (Å²) in [5.74, 6) is -2.07. The molecule has 3 rings (SSSR count). The number of nitrogens with two attached hydrogens (primary N) is 1. The number of amides is 2. The zero-order chi connectivity index (χ0) is 19.9. The summed E-state index contributed by atoms with van der Waals surface area (Å²) in [4.78, 5) is 48.2. The molecule has 0 aliphatic heterocycles. The molecule has 142 valence electrons.